The fraction of sp³-hybridized carbons (Fsp3) is 0.417. The predicted molar refractivity (Wildman–Crippen MR) is 251 cm³/mol. The number of thioether (sulfide) groups is 1. The summed E-state index contributed by atoms with van der Waals surface area (Å²) < 4.78 is 34.0. The van der Waals surface area contributed by atoms with Crippen LogP contribution in [0.25, 0.3) is 10.9 Å². The van der Waals surface area contributed by atoms with Gasteiger partial charge in [-0.15, -0.1) is 11.8 Å². The fourth-order valence-corrected chi connectivity index (χ4v) is 11.5. The number of amides is 3. The van der Waals surface area contributed by atoms with Crippen LogP contribution in [-0.2, 0) is 41.8 Å². The molecule has 1 saturated carbocycles. The van der Waals surface area contributed by atoms with Gasteiger partial charge < -0.3 is 38.6 Å². The van der Waals surface area contributed by atoms with Crippen molar-refractivity contribution in [2.75, 3.05) is 44.7 Å². The van der Waals surface area contributed by atoms with E-state index in [1.807, 2.05) is 6.92 Å². The number of fused-ring (bicyclic) bond motifs is 2. The Hall–Kier alpha value is -7.40. The summed E-state index contributed by atoms with van der Waals surface area (Å²) >= 11 is 1.21. The molecule has 6 atom stereocenters. The van der Waals surface area contributed by atoms with Crippen LogP contribution in [0.3, 0.4) is 0 Å². The zero-order valence-electron chi connectivity index (χ0n) is 38.6. The molecule has 1 aliphatic carbocycles. The van der Waals surface area contributed by atoms with Crippen LogP contribution >= 0.6 is 11.8 Å². The number of methoxy groups -OCH3 is 1. The van der Waals surface area contributed by atoms with Crippen molar-refractivity contribution < 1.29 is 57.5 Å². The maximum absolute atomic E-state index is 16.0. The van der Waals surface area contributed by atoms with Gasteiger partial charge in [-0.3, -0.25) is 39.5 Å². The molecule has 23 heteroatoms. The Morgan fingerprint density at radius 1 is 0.887 bits per heavy atom. The van der Waals surface area contributed by atoms with E-state index in [4.69, 9.17) is 14.2 Å². The van der Waals surface area contributed by atoms with E-state index in [1.165, 1.54) is 90.3 Å². The molecule has 1 N–H and O–H groups in total. The third-order valence-electron chi connectivity index (χ3n) is 13.8. The number of β-lactam (4-membered cyclic amide) rings is 1. The van der Waals surface area contributed by atoms with Gasteiger partial charge in [-0.1, -0.05) is 6.92 Å². The van der Waals surface area contributed by atoms with Crippen molar-refractivity contribution in [1.29, 1.82) is 0 Å². The topological polar surface area (TPSA) is 255 Å². The number of non-ortho nitro benzene ring substituents is 2. The van der Waals surface area contributed by atoms with Crippen LogP contribution in [-0.4, -0.2) is 127 Å². The van der Waals surface area contributed by atoms with Crippen LogP contribution in [0, 0.1) is 37.9 Å². The van der Waals surface area contributed by atoms with Crippen LogP contribution in [0.5, 0.6) is 0 Å². The number of ether oxygens (including phenoxy) is 3. The molecule has 0 bridgehead atoms. The quantitative estimate of drug-likeness (QED) is 0.0570. The highest BCUT2D eigenvalue weighted by molar-refractivity contribution is 8.03. The summed E-state index contributed by atoms with van der Waals surface area (Å²) in [5.74, 6) is -4.53. The summed E-state index contributed by atoms with van der Waals surface area (Å²) in [6, 6.07) is 11.9. The number of aromatic nitrogens is 1. The Kier molecular flexibility index (Phi) is 13.3. The third kappa shape index (κ3) is 9.26. The number of nitro benzene ring substituents is 2. The zero-order valence-corrected chi connectivity index (χ0v) is 39.5. The molecule has 3 amide bonds. The Labute approximate surface area is 408 Å². The number of aliphatic hydroxyl groups is 1. The van der Waals surface area contributed by atoms with Crippen molar-refractivity contribution in [2.45, 2.75) is 75.8 Å². The van der Waals surface area contributed by atoms with Gasteiger partial charge in [0.1, 0.15) is 36.3 Å². The number of likely N-dealkylation sites (tertiary alicyclic amines) is 1. The summed E-state index contributed by atoms with van der Waals surface area (Å²) in [4.78, 5) is 110. The molecule has 4 aromatic rings. The summed E-state index contributed by atoms with van der Waals surface area (Å²) in [5.41, 5.74) is 0.396. The Balaban J connectivity index is 0.956. The lowest BCUT2D eigenvalue weighted by Crippen LogP contribution is -2.63. The second-order valence-electron chi connectivity index (χ2n) is 18.2. The van der Waals surface area contributed by atoms with Crippen molar-refractivity contribution in [3.63, 3.8) is 0 Å². The van der Waals surface area contributed by atoms with Crippen molar-refractivity contribution in [2.24, 2.45) is 11.8 Å². The standard InChI is InChI=1S/C48H48FN7O14S/c1-25-40-39(26(2)57)45(60)54(40)41(47(62)69-23-27-4-8-30(9-5-27)55(64)65)43(25)71-32-18-38(53(21-32)48(63)70-24-28-6-10-31(11-7-28)56(66)67)44(59)51-16-14-50(15-17-51)37-20-36-33(19-35(37)49)42(58)34(46(61)68-3)22-52(36)29-12-13-29/h4-11,19-20,22,25-26,29,32,38-40,57H,12-18,21,23-24H2,1-3H3/t25-,26-,32+,38+,39-,40-/m1/s1. The molecule has 3 aromatic carbocycles. The van der Waals surface area contributed by atoms with Gasteiger partial charge in [0.2, 0.25) is 17.2 Å². The van der Waals surface area contributed by atoms with Crippen LogP contribution in [0.15, 0.2) is 82.3 Å². The zero-order chi connectivity index (χ0) is 50.6. The minimum Gasteiger partial charge on any atom is -0.465 e. The van der Waals surface area contributed by atoms with Gasteiger partial charge in [-0.05, 0) is 73.7 Å². The largest absolute Gasteiger partial charge is 0.465 e. The number of piperazine rings is 1. The molecule has 0 radical (unpaired) electrons. The van der Waals surface area contributed by atoms with E-state index < -0.39 is 86.2 Å². The molecule has 3 saturated heterocycles. The van der Waals surface area contributed by atoms with Crippen molar-refractivity contribution in [1.82, 2.24) is 19.3 Å². The van der Waals surface area contributed by atoms with Crippen LogP contribution in [0.1, 0.15) is 60.6 Å². The van der Waals surface area contributed by atoms with Crippen molar-refractivity contribution in [3.8, 4) is 0 Å². The monoisotopic (exact) mass is 997 g/mol. The van der Waals surface area contributed by atoms with E-state index in [2.05, 4.69) is 0 Å². The second kappa shape index (κ2) is 19.4. The second-order valence-corrected chi connectivity index (χ2v) is 19.6. The number of halogens is 1. The minimum atomic E-state index is -1.07. The Morgan fingerprint density at radius 2 is 1.49 bits per heavy atom. The Bertz CT molecular complexity index is 2950. The number of carbonyl (C=O) groups is 5. The number of anilines is 1. The molecule has 0 spiro atoms. The lowest BCUT2D eigenvalue weighted by molar-refractivity contribution is -0.385. The van der Waals surface area contributed by atoms with Crippen LogP contribution in [0.4, 0.5) is 26.2 Å². The molecule has 21 nitrogen and oxygen atoms in total. The first-order chi connectivity index (χ1) is 33.9. The number of rotatable bonds is 14. The first-order valence-electron chi connectivity index (χ1n) is 22.9. The van der Waals surface area contributed by atoms with Gasteiger partial charge in [0.25, 0.3) is 11.4 Å². The molecule has 372 valence electrons. The highest BCUT2D eigenvalue weighted by Gasteiger charge is 2.61. The molecule has 0 unspecified atom stereocenters. The Morgan fingerprint density at radius 3 is 2.06 bits per heavy atom. The molecule has 71 heavy (non-hydrogen) atoms. The summed E-state index contributed by atoms with van der Waals surface area (Å²) in [5, 5.41) is 32.5. The first kappa shape index (κ1) is 48.6. The highest BCUT2D eigenvalue weighted by Crippen LogP contribution is 2.53. The van der Waals surface area contributed by atoms with Gasteiger partial charge in [0, 0.05) is 90.7 Å². The molecule has 5 aliphatic rings. The lowest BCUT2D eigenvalue weighted by atomic mass is 9.79. The first-order valence-corrected chi connectivity index (χ1v) is 23.8. The number of benzene rings is 3. The van der Waals surface area contributed by atoms with Gasteiger partial charge in [0.15, 0.2) is 0 Å². The number of nitrogens with zero attached hydrogens (tertiary/aromatic N) is 7. The summed E-state index contributed by atoms with van der Waals surface area (Å²) in [6.07, 6.45) is 1.29. The smallest absolute Gasteiger partial charge is 0.410 e. The maximum Gasteiger partial charge on any atom is 0.410 e. The molecule has 4 aliphatic heterocycles. The SMILES string of the molecule is COC(=O)c1cn(C2CC2)c2cc(N3CCN(C(=O)[C@@H]4C[C@H](SC5=C(C(=O)OCc6ccc([N+](=O)[O-])cc6)N6C(=O)[C@H]([C@@H](C)O)[C@H]6[C@H]5C)CN4C(=O)OCc4ccc([N+](=O)[O-])cc4)CC3)c(F)cc2c1=O. The average Bonchev–Trinajstić information content (AvgIpc) is 4.07. The summed E-state index contributed by atoms with van der Waals surface area (Å²) in [6.45, 7) is 3.34. The van der Waals surface area contributed by atoms with E-state index >= 15 is 4.39 Å². The van der Waals surface area contributed by atoms with Crippen LogP contribution < -0.4 is 10.3 Å². The number of aliphatic hydroxyl groups excluding tert-OH is 1. The average molecular weight is 998 g/mol. The molecular formula is C48H48FN7O14S. The van der Waals surface area contributed by atoms with E-state index in [9.17, 15) is 54.1 Å². The number of hydrogen-bond donors (Lipinski definition) is 1. The van der Waals surface area contributed by atoms with E-state index in [0.29, 0.717) is 21.5 Å². The molecule has 1 aromatic heterocycles. The number of nitro groups is 2. The number of pyridine rings is 1. The molecule has 5 heterocycles. The van der Waals surface area contributed by atoms with Gasteiger partial charge in [0.05, 0.1) is 46.2 Å². The molecule has 9 rings (SSSR count). The minimum absolute atomic E-state index is 0.0193. The van der Waals surface area contributed by atoms with Gasteiger partial charge in [-0.25, -0.2) is 18.8 Å². The molecule has 4 fully saturated rings. The number of carbonyl (C=O) groups excluding carboxylic acids is 5. The van der Waals surface area contributed by atoms with Gasteiger partial charge in [-0.2, -0.15) is 0 Å². The maximum atomic E-state index is 16.0. The third-order valence-corrected chi connectivity index (χ3v) is 15.3. The van der Waals surface area contributed by atoms with Crippen molar-refractivity contribution >= 4 is 69.6 Å². The van der Waals surface area contributed by atoms with Crippen LogP contribution in [0.2, 0.25) is 0 Å². The highest BCUT2D eigenvalue weighted by atomic mass is 32.2. The lowest BCUT2D eigenvalue weighted by Gasteiger charge is -2.46. The normalized spacial score (nSPS) is 22.3. The van der Waals surface area contributed by atoms with E-state index in [-0.39, 0.29) is 92.1 Å². The van der Waals surface area contributed by atoms with E-state index in [0.717, 1.165) is 18.9 Å². The summed E-state index contributed by atoms with van der Waals surface area (Å²) in [7, 11) is 1.17. The van der Waals surface area contributed by atoms with Gasteiger partial charge >= 0.3 is 18.0 Å². The fourth-order valence-electron chi connectivity index (χ4n) is 9.93. The van der Waals surface area contributed by atoms with E-state index in [1.54, 1.807) is 20.4 Å². The number of esters is 2. The van der Waals surface area contributed by atoms with Crippen molar-refractivity contribution in [3.05, 3.63) is 130 Å². The molecular weight excluding hydrogens is 950 g/mol. The number of hydrogen-bond acceptors (Lipinski definition) is 16. The predicted octanol–water partition coefficient (Wildman–Crippen LogP) is 5.05.